The van der Waals surface area contributed by atoms with E-state index in [1.54, 1.807) is 24.3 Å². The van der Waals surface area contributed by atoms with Gasteiger partial charge in [-0.15, -0.1) is 0 Å². The number of carbonyl (C=O) groups is 1. The Hall–Kier alpha value is -1.49. The average Bonchev–Trinajstić information content (AvgIpc) is 2.89. The van der Waals surface area contributed by atoms with E-state index in [0.29, 0.717) is 17.5 Å². The molecule has 0 radical (unpaired) electrons. The first kappa shape index (κ1) is 19.3. The third-order valence-electron chi connectivity index (χ3n) is 4.27. The van der Waals surface area contributed by atoms with Gasteiger partial charge in [-0.3, -0.25) is 4.79 Å². The zero-order valence-corrected chi connectivity index (χ0v) is 15.5. The Morgan fingerprint density at radius 2 is 1.73 bits per heavy atom. The van der Waals surface area contributed by atoms with Crippen LogP contribution in [0.25, 0.3) is 5.57 Å². The SMILES string of the molecule is O=C1c2ccccc2CC1/C(=C\CC(F)(F)F)c1cc(Cl)c(Cl)c(Cl)c1. The van der Waals surface area contributed by atoms with E-state index in [1.807, 2.05) is 0 Å². The second-order valence-corrected chi connectivity index (χ2v) is 7.20. The van der Waals surface area contributed by atoms with Gasteiger partial charge in [-0.1, -0.05) is 65.1 Å². The van der Waals surface area contributed by atoms with E-state index >= 15 is 0 Å². The fourth-order valence-electron chi connectivity index (χ4n) is 3.10. The van der Waals surface area contributed by atoms with Crippen LogP contribution in [0.1, 0.15) is 27.9 Å². The fraction of sp³-hybridized carbons (Fsp3) is 0.211. The Morgan fingerprint density at radius 3 is 2.31 bits per heavy atom. The van der Waals surface area contributed by atoms with E-state index < -0.39 is 18.5 Å². The Kier molecular flexibility index (Phi) is 5.38. The van der Waals surface area contributed by atoms with Crippen LogP contribution in [0.2, 0.25) is 15.1 Å². The van der Waals surface area contributed by atoms with Crippen molar-refractivity contribution in [3.63, 3.8) is 0 Å². The molecule has 1 atom stereocenters. The van der Waals surface area contributed by atoms with E-state index in [4.69, 9.17) is 34.8 Å². The summed E-state index contributed by atoms with van der Waals surface area (Å²) in [5.41, 5.74) is 1.96. The number of benzene rings is 2. The second kappa shape index (κ2) is 7.26. The van der Waals surface area contributed by atoms with E-state index in [-0.39, 0.29) is 26.4 Å². The molecule has 0 saturated carbocycles. The molecule has 0 aliphatic heterocycles. The Bertz CT molecular complexity index is 880. The number of ketones is 1. The van der Waals surface area contributed by atoms with Crippen molar-refractivity contribution in [2.75, 3.05) is 0 Å². The van der Waals surface area contributed by atoms with Gasteiger partial charge >= 0.3 is 6.18 Å². The Balaban J connectivity index is 2.07. The summed E-state index contributed by atoms with van der Waals surface area (Å²) < 4.78 is 38.4. The summed E-state index contributed by atoms with van der Waals surface area (Å²) in [6.45, 7) is 0. The molecule has 1 aliphatic rings. The molecular weight excluding hydrogens is 408 g/mol. The van der Waals surface area contributed by atoms with Crippen LogP contribution in [-0.4, -0.2) is 12.0 Å². The van der Waals surface area contributed by atoms with Crippen LogP contribution in [0.5, 0.6) is 0 Å². The summed E-state index contributed by atoms with van der Waals surface area (Å²) in [4.78, 5) is 12.8. The maximum atomic E-state index is 12.8. The number of halogens is 6. The van der Waals surface area contributed by atoms with Gasteiger partial charge < -0.3 is 0 Å². The lowest BCUT2D eigenvalue weighted by Gasteiger charge is -2.16. The van der Waals surface area contributed by atoms with Crippen LogP contribution < -0.4 is 0 Å². The van der Waals surface area contributed by atoms with Crippen molar-refractivity contribution in [3.8, 4) is 0 Å². The molecule has 0 bridgehead atoms. The molecule has 1 unspecified atom stereocenters. The molecule has 0 fully saturated rings. The Labute approximate surface area is 163 Å². The molecule has 0 spiro atoms. The average molecular weight is 420 g/mol. The summed E-state index contributed by atoms with van der Waals surface area (Å²) in [6.07, 6.45) is -4.18. The highest BCUT2D eigenvalue weighted by molar-refractivity contribution is 6.48. The van der Waals surface area contributed by atoms with E-state index in [0.717, 1.165) is 11.6 Å². The largest absolute Gasteiger partial charge is 0.392 e. The first-order chi connectivity index (χ1) is 12.2. The van der Waals surface area contributed by atoms with Crippen molar-refractivity contribution in [3.05, 3.63) is 74.2 Å². The number of carbonyl (C=O) groups excluding carboxylic acids is 1. The molecule has 1 nitrogen and oxygen atoms in total. The smallest absolute Gasteiger partial charge is 0.293 e. The second-order valence-electron chi connectivity index (χ2n) is 6.01. The molecule has 136 valence electrons. The number of fused-ring (bicyclic) bond motifs is 1. The maximum absolute atomic E-state index is 12.8. The van der Waals surface area contributed by atoms with Crippen LogP contribution >= 0.6 is 34.8 Å². The summed E-state index contributed by atoms with van der Waals surface area (Å²) in [5, 5.41) is 0.360. The predicted octanol–water partition coefficient (Wildman–Crippen LogP) is 7.04. The Morgan fingerprint density at radius 1 is 1.12 bits per heavy atom. The van der Waals surface area contributed by atoms with Gasteiger partial charge in [0.1, 0.15) is 0 Å². The molecule has 0 aromatic heterocycles. The molecule has 0 heterocycles. The normalized spacial score (nSPS) is 17.5. The highest BCUT2D eigenvalue weighted by Crippen LogP contribution is 2.41. The molecule has 3 rings (SSSR count). The zero-order valence-electron chi connectivity index (χ0n) is 13.2. The number of allylic oxidation sites excluding steroid dienone is 2. The highest BCUT2D eigenvalue weighted by atomic mass is 35.5. The van der Waals surface area contributed by atoms with Crippen LogP contribution in [0, 0.1) is 5.92 Å². The lowest BCUT2D eigenvalue weighted by Crippen LogP contribution is -2.13. The van der Waals surface area contributed by atoms with Gasteiger partial charge in [-0.05, 0) is 35.3 Å². The maximum Gasteiger partial charge on any atom is 0.392 e. The molecule has 0 N–H and O–H groups in total. The minimum absolute atomic E-state index is 0.119. The van der Waals surface area contributed by atoms with Gasteiger partial charge in [-0.2, -0.15) is 13.2 Å². The predicted molar refractivity (Wildman–Crippen MR) is 98.1 cm³/mol. The number of alkyl halides is 3. The van der Waals surface area contributed by atoms with E-state index in [1.165, 1.54) is 12.1 Å². The summed E-state index contributed by atoms with van der Waals surface area (Å²) in [5.74, 6) is -0.931. The molecule has 0 amide bonds. The van der Waals surface area contributed by atoms with Crippen molar-refractivity contribution < 1.29 is 18.0 Å². The molecule has 2 aromatic rings. The number of hydrogen-bond donors (Lipinski definition) is 0. The molecule has 26 heavy (non-hydrogen) atoms. The number of rotatable bonds is 3. The molecule has 7 heteroatoms. The zero-order chi connectivity index (χ0) is 19.1. The van der Waals surface area contributed by atoms with Gasteiger partial charge in [0.15, 0.2) is 5.78 Å². The summed E-state index contributed by atoms with van der Waals surface area (Å²) in [6, 6.07) is 9.89. The molecule has 1 aliphatic carbocycles. The van der Waals surface area contributed by atoms with Crippen LogP contribution in [0.15, 0.2) is 42.5 Å². The number of hydrogen-bond acceptors (Lipinski definition) is 1. The first-order valence-electron chi connectivity index (χ1n) is 7.71. The van der Waals surface area contributed by atoms with Crippen molar-refractivity contribution in [2.45, 2.75) is 19.0 Å². The van der Waals surface area contributed by atoms with Gasteiger partial charge in [0.05, 0.1) is 27.4 Å². The number of Topliss-reactive ketones (excluding diaryl/α,β-unsaturated/α-hetero) is 1. The molecular formula is C19H12Cl3F3O. The van der Waals surface area contributed by atoms with E-state index in [9.17, 15) is 18.0 Å². The molecule has 0 saturated heterocycles. The standard InChI is InChI=1S/C19H12Cl3F3O/c20-15-8-11(9-16(21)17(15)22)12(5-6-19(23,24)25)14-7-10-3-1-2-4-13(10)18(14)26/h1-5,8-9,14H,6-7H2/b12-5-. The van der Waals surface area contributed by atoms with Gasteiger partial charge in [0.2, 0.25) is 0 Å². The quantitative estimate of drug-likeness (QED) is 0.488. The third-order valence-corrected chi connectivity index (χ3v) is 5.47. The summed E-state index contributed by atoms with van der Waals surface area (Å²) >= 11 is 18.0. The fourth-order valence-corrected chi connectivity index (χ4v) is 3.70. The van der Waals surface area contributed by atoms with Gasteiger partial charge in [0.25, 0.3) is 0 Å². The minimum atomic E-state index is -4.39. The third kappa shape index (κ3) is 3.93. The van der Waals surface area contributed by atoms with Crippen molar-refractivity contribution in [2.24, 2.45) is 5.92 Å². The van der Waals surface area contributed by atoms with E-state index in [2.05, 4.69) is 0 Å². The topological polar surface area (TPSA) is 17.1 Å². The van der Waals surface area contributed by atoms with Crippen molar-refractivity contribution in [1.29, 1.82) is 0 Å². The van der Waals surface area contributed by atoms with Crippen molar-refractivity contribution >= 4 is 46.2 Å². The monoisotopic (exact) mass is 418 g/mol. The van der Waals surface area contributed by atoms with Crippen LogP contribution in [-0.2, 0) is 6.42 Å². The lowest BCUT2D eigenvalue weighted by atomic mass is 9.88. The van der Waals surface area contributed by atoms with Crippen LogP contribution in [0.3, 0.4) is 0 Å². The molecule has 2 aromatic carbocycles. The summed E-state index contributed by atoms with van der Waals surface area (Å²) in [7, 11) is 0. The van der Waals surface area contributed by atoms with Crippen molar-refractivity contribution in [1.82, 2.24) is 0 Å². The minimum Gasteiger partial charge on any atom is -0.293 e. The van der Waals surface area contributed by atoms with Gasteiger partial charge in [0, 0.05) is 5.56 Å². The lowest BCUT2D eigenvalue weighted by molar-refractivity contribution is -0.124. The first-order valence-corrected chi connectivity index (χ1v) is 8.84. The van der Waals surface area contributed by atoms with Crippen LogP contribution in [0.4, 0.5) is 13.2 Å². The van der Waals surface area contributed by atoms with Gasteiger partial charge in [-0.25, -0.2) is 0 Å². The highest BCUT2D eigenvalue weighted by Gasteiger charge is 2.35.